The van der Waals surface area contributed by atoms with E-state index in [2.05, 4.69) is 27.3 Å². The average molecular weight is 435 g/mol. The Balaban J connectivity index is 1.61. The Bertz CT molecular complexity index is 1340. The maximum absolute atomic E-state index is 11.0. The Morgan fingerprint density at radius 1 is 1.10 bits per heavy atom. The molecule has 2 aromatic carbocycles. The average Bonchev–Trinajstić information content (AvgIpc) is 3.51. The first-order chi connectivity index (χ1) is 14.7. The summed E-state index contributed by atoms with van der Waals surface area (Å²) in [5.41, 5.74) is 0.948. The maximum atomic E-state index is 11.0. The minimum atomic E-state index is -0.448. The van der Waals surface area contributed by atoms with E-state index in [1.807, 2.05) is 47.0 Å². The minimum absolute atomic E-state index is 0.0103. The van der Waals surface area contributed by atoms with Crippen molar-refractivity contribution in [2.24, 2.45) is 0 Å². The third-order valence-corrected chi connectivity index (χ3v) is 6.48. The Hall–Kier alpha value is -3.50. The number of fused-ring (bicyclic) bond motifs is 1. The van der Waals surface area contributed by atoms with Crippen LogP contribution in [0.25, 0.3) is 22.2 Å². The lowest BCUT2D eigenvalue weighted by molar-refractivity contribution is -0.380. The van der Waals surface area contributed by atoms with Crippen LogP contribution in [0.1, 0.15) is 5.76 Å². The first-order valence-electron chi connectivity index (χ1n) is 8.91. The number of benzene rings is 2. The van der Waals surface area contributed by atoms with Gasteiger partial charge in [-0.2, -0.15) is 0 Å². The molecule has 0 saturated heterocycles. The van der Waals surface area contributed by atoms with Gasteiger partial charge >= 0.3 is 5.00 Å². The van der Waals surface area contributed by atoms with E-state index in [-0.39, 0.29) is 5.00 Å². The van der Waals surface area contributed by atoms with Crippen molar-refractivity contribution in [2.45, 2.75) is 16.0 Å². The predicted molar refractivity (Wildman–Crippen MR) is 114 cm³/mol. The third-order valence-electron chi connectivity index (χ3n) is 4.47. The normalized spacial score (nSPS) is 11.2. The van der Waals surface area contributed by atoms with Gasteiger partial charge in [-0.15, -0.1) is 10.2 Å². The summed E-state index contributed by atoms with van der Waals surface area (Å²) < 4.78 is 8.01. The van der Waals surface area contributed by atoms with Crippen molar-refractivity contribution in [3.63, 3.8) is 0 Å². The largest absolute Gasteiger partial charge is 0.467 e. The van der Waals surface area contributed by atoms with Gasteiger partial charge in [0.1, 0.15) is 12.0 Å². The molecular formula is C20H13N5O3S2. The van der Waals surface area contributed by atoms with Gasteiger partial charge in [0, 0.05) is 5.56 Å². The molecule has 0 unspecified atom stereocenters. The summed E-state index contributed by atoms with van der Waals surface area (Å²) in [5, 5.41) is 22.5. The van der Waals surface area contributed by atoms with Crippen LogP contribution >= 0.6 is 23.1 Å². The predicted octanol–water partition coefficient (Wildman–Crippen LogP) is 5.26. The molecule has 0 N–H and O–H groups in total. The molecule has 30 heavy (non-hydrogen) atoms. The van der Waals surface area contributed by atoms with E-state index in [1.165, 1.54) is 18.0 Å². The molecule has 0 aliphatic carbocycles. The SMILES string of the molecule is O=[N+]([O-])c1cnc(Sc2nnc(-c3cccc4ccccc34)n2Cc2ccco2)s1. The van der Waals surface area contributed by atoms with Crippen LogP contribution in [-0.2, 0) is 6.54 Å². The van der Waals surface area contributed by atoms with Gasteiger partial charge in [0.25, 0.3) is 0 Å². The summed E-state index contributed by atoms with van der Waals surface area (Å²) in [5.74, 6) is 1.44. The monoisotopic (exact) mass is 435 g/mol. The van der Waals surface area contributed by atoms with Crippen LogP contribution in [0, 0.1) is 10.1 Å². The quantitative estimate of drug-likeness (QED) is 0.265. The van der Waals surface area contributed by atoms with Crippen LogP contribution in [0.2, 0.25) is 0 Å². The summed E-state index contributed by atoms with van der Waals surface area (Å²) in [6.45, 7) is 0.425. The van der Waals surface area contributed by atoms with Gasteiger partial charge in [-0.3, -0.25) is 14.7 Å². The van der Waals surface area contributed by atoms with E-state index >= 15 is 0 Å². The molecule has 10 heteroatoms. The third kappa shape index (κ3) is 3.46. The zero-order valence-electron chi connectivity index (χ0n) is 15.3. The molecule has 0 amide bonds. The zero-order valence-corrected chi connectivity index (χ0v) is 17.0. The van der Waals surface area contributed by atoms with Crippen LogP contribution in [0.15, 0.2) is 81.0 Å². The molecule has 0 atom stereocenters. The summed E-state index contributed by atoms with van der Waals surface area (Å²) in [6, 6.07) is 17.8. The number of hydrogen-bond donors (Lipinski definition) is 0. The molecule has 3 heterocycles. The first kappa shape index (κ1) is 18.5. The molecule has 8 nitrogen and oxygen atoms in total. The Morgan fingerprint density at radius 3 is 2.77 bits per heavy atom. The van der Waals surface area contributed by atoms with Crippen LogP contribution in [0.4, 0.5) is 5.00 Å². The fourth-order valence-electron chi connectivity index (χ4n) is 3.14. The number of thiazole rings is 1. The smallest absolute Gasteiger partial charge is 0.344 e. The molecule has 3 aromatic heterocycles. The van der Waals surface area contributed by atoms with Gasteiger partial charge in [-0.05, 0) is 46.0 Å². The lowest BCUT2D eigenvalue weighted by Crippen LogP contribution is -2.03. The van der Waals surface area contributed by atoms with E-state index in [4.69, 9.17) is 4.42 Å². The summed E-state index contributed by atoms with van der Waals surface area (Å²) in [4.78, 5) is 14.7. The van der Waals surface area contributed by atoms with Crippen molar-refractivity contribution in [1.82, 2.24) is 19.7 Å². The molecule has 0 saturated carbocycles. The fraction of sp³-hybridized carbons (Fsp3) is 0.0500. The van der Waals surface area contributed by atoms with Crippen LogP contribution < -0.4 is 0 Å². The Kier molecular flexibility index (Phi) is 4.77. The molecule has 0 aliphatic heterocycles. The highest BCUT2D eigenvalue weighted by Gasteiger charge is 2.20. The first-order valence-corrected chi connectivity index (χ1v) is 10.5. The van der Waals surface area contributed by atoms with Gasteiger partial charge in [0.15, 0.2) is 15.3 Å². The molecule has 148 valence electrons. The van der Waals surface area contributed by atoms with Gasteiger partial charge in [-0.1, -0.05) is 42.5 Å². The maximum Gasteiger partial charge on any atom is 0.344 e. The Labute approximate surface area is 178 Å². The molecular weight excluding hydrogens is 422 g/mol. The number of furan rings is 1. The van der Waals surface area contributed by atoms with E-state index in [1.54, 1.807) is 6.26 Å². The zero-order chi connectivity index (χ0) is 20.5. The van der Waals surface area contributed by atoms with E-state index in [0.29, 0.717) is 21.9 Å². The molecule has 0 fully saturated rings. The van der Waals surface area contributed by atoms with Crippen molar-refractivity contribution in [1.29, 1.82) is 0 Å². The molecule has 5 aromatic rings. The lowest BCUT2D eigenvalue weighted by Gasteiger charge is -2.10. The highest BCUT2D eigenvalue weighted by atomic mass is 32.2. The minimum Gasteiger partial charge on any atom is -0.467 e. The number of nitro groups is 1. The van der Waals surface area contributed by atoms with Crippen molar-refractivity contribution in [2.75, 3.05) is 0 Å². The summed E-state index contributed by atoms with van der Waals surface area (Å²) in [7, 11) is 0. The van der Waals surface area contributed by atoms with Crippen molar-refractivity contribution in [3.8, 4) is 11.4 Å². The standard InChI is InChI=1S/C20H13N5O3S2/c26-25(27)17-11-21-20(29-17)30-19-23-22-18(24(19)12-14-7-4-10-28-14)16-9-3-6-13-5-1-2-8-15(13)16/h1-11H,12H2. The van der Waals surface area contributed by atoms with Crippen molar-refractivity contribution < 1.29 is 9.34 Å². The molecule has 5 rings (SSSR count). The number of aromatic nitrogens is 4. The second-order valence-corrected chi connectivity index (χ2v) is 8.55. The van der Waals surface area contributed by atoms with Crippen molar-refractivity contribution >= 4 is 38.9 Å². The summed E-state index contributed by atoms with van der Waals surface area (Å²) >= 11 is 2.25. The number of hydrogen-bond acceptors (Lipinski definition) is 8. The second kappa shape index (κ2) is 7.73. The fourth-order valence-corrected chi connectivity index (χ4v) is 4.86. The number of nitrogens with zero attached hydrogens (tertiary/aromatic N) is 5. The highest BCUT2D eigenvalue weighted by molar-refractivity contribution is 8.00. The Morgan fingerprint density at radius 2 is 1.97 bits per heavy atom. The molecule has 0 radical (unpaired) electrons. The second-order valence-electron chi connectivity index (χ2n) is 6.32. The molecule has 0 spiro atoms. The number of rotatable bonds is 6. The van der Waals surface area contributed by atoms with Crippen LogP contribution in [-0.4, -0.2) is 24.7 Å². The molecule has 0 aliphatic rings. The van der Waals surface area contributed by atoms with Crippen LogP contribution in [0.5, 0.6) is 0 Å². The van der Waals surface area contributed by atoms with Gasteiger partial charge in [-0.25, -0.2) is 4.98 Å². The van der Waals surface area contributed by atoms with Gasteiger partial charge in [0.05, 0.1) is 17.7 Å². The van der Waals surface area contributed by atoms with Crippen molar-refractivity contribution in [3.05, 3.63) is 82.9 Å². The highest BCUT2D eigenvalue weighted by Crippen LogP contribution is 2.36. The van der Waals surface area contributed by atoms with E-state index < -0.39 is 4.92 Å². The van der Waals surface area contributed by atoms with Crippen LogP contribution in [0.3, 0.4) is 0 Å². The summed E-state index contributed by atoms with van der Waals surface area (Å²) in [6.07, 6.45) is 2.88. The van der Waals surface area contributed by atoms with E-state index in [0.717, 1.165) is 33.4 Å². The molecule has 0 bridgehead atoms. The van der Waals surface area contributed by atoms with Gasteiger partial charge in [0.2, 0.25) is 0 Å². The lowest BCUT2D eigenvalue weighted by atomic mass is 10.0. The van der Waals surface area contributed by atoms with E-state index in [9.17, 15) is 10.1 Å². The van der Waals surface area contributed by atoms with Gasteiger partial charge < -0.3 is 4.42 Å². The topological polar surface area (TPSA) is 99.9 Å².